The zero-order valence-corrected chi connectivity index (χ0v) is 11.1. The van der Waals surface area contributed by atoms with Crippen molar-refractivity contribution in [2.24, 2.45) is 0 Å². The van der Waals surface area contributed by atoms with Crippen molar-refractivity contribution in [3.05, 3.63) is 0 Å². The Morgan fingerprint density at radius 3 is 2.71 bits per heavy atom. The van der Waals surface area contributed by atoms with Crippen LogP contribution in [0.1, 0.15) is 12.8 Å². The molecule has 0 spiro atoms. The molecular formula is C10H20IN2O-. The third-order valence-corrected chi connectivity index (χ3v) is 6.36. The number of morpholine rings is 1. The molecule has 0 aliphatic carbocycles. The van der Waals surface area contributed by atoms with Crippen LogP contribution in [0.2, 0.25) is 0 Å². The second kappa shape index (κ2) is 5.63. The van der Waals surface area contributed by atoms with Gasteiger partial charge in [0, 0.05) is 0 Å². The molecule has 2 saturated heterocycles. The number of rotatable bonds is 2. The Hall–Kier alpha value is 0.610. The van der Waals surface area contributed by atoms with Gasteiger partial charge >= 0.3 is 97.4 Å². The van der Waals surface area contributed by atoms with Crippen LogP contribution in [0.4, 0.5) is 0 Å². The molecule has 84 valence electrons. The second-order valence-corrected chi connectivity index (χ2v) is 7.80. The zero-order chi connectivity index (χ0) is 9.80. The summed E-state index contributed by atoms with van der Waals surface area (Å²) >= 11 is 0.267. The molecule has 0 N–H and O–H groups in total. The van der Waals surface area contributed by atoms with Gasteiger partial charge in [-0.25, -0.2) is 0 Å². The monoisotopic (exact) mass is 311 g/mol. The van der Waals surface area contributed by atoms with Gasteiger partial charge in [0.05, 0.1) is 0 Å². The number of hydrogen-bond donors (Lipinski definition) is 0. The van der Waals surface area contributed by atoms with Crippen molar-refractivity contribution in [3.63, 3.8) is 0 Å². The zero-order valence-electron chi connectivity index (χ0n) is 8.91. The third-order valence-electron chi connectivity index (χ3n) is 2.80. The number of halogens is 1. The molecule has 3 nitrogen and oxygen atoms in total. The first-order valence-electron chi connectivity index (χ1n) is 5.49. The molecule has 2 rings (SSSR count). The fourth-order valence-electron chi connectivity index (χ4n) is 2.02. The Labute approximate surface area is 97.4 Å². The second-order valence-electron chi connectivity index (χ2n) is 4.12. The Kier molecular flexibility index (Phi) is 4.46. The van der Waals surface area contributed by atoms with Gasteiger partial charge < -0.3 is 0 Å². The average molecular weight is 311 g/mol. The number of ether oxygens (including phenoxy) is 1. The first-order chi connectivity index (χ1) is 6.84. The van der Waals surface area contributed by atoms with E-state index in [9.17, 15) is 0 Å². The van der Waals surface area contributed by atoms with E-state index >= 15 is 0 Å². The summed E-state index contributed by atoms with van der Waals surface area (Å²) in [7, 11) is 2.26. The summed E-state index contributed by atoms with van der Waals surface area (Å²) in [5.74, 6) is 0. The van der Waals surface area contributed by atoms with Gasteiger partial charge in [-0.15, -0.1) is 0 Å². The predicted molar refractivity (Wildman–Crippen MR) is 52.9 cm³/mol. The van der Waals surface area contributed by atoms with Crippen molar-refractivity contribution in [2.75, 3.05) is 46.4 Å². The molecule has 0 saturated carbocycles. The topological polar surface area (TPSA) is 15.7 Å². The number of alkyl halides is 1. The number of hydrogen-bond acceptors (Lipinski definition) is 3. The molecule has 14 heavy (non-hydrogen) atoms. The van der Waals surface area contributed by atoms with Gasteiger partial charge in [-0.1, -0.05) is 0 Å². The molecule has 0 aromatic rings. The minimum atomic E-state index is 0.267. The predicted octanol–water partition coefficient (Wildman–Crippen LogP) is -2.58. The summed E-state index contributed by atoms with van der Waals surface area (Å²) in [5.41, 5.74) is 0. The molecule has 4 heteroatoms. The number of piperidine rings is 1. The Morgan fingerprint density at radius 2 is 2.00 bits per heavy atom. The molecule has 0 bridgehead atoms. The molecule has 2 aliphatic heterocycles. The van der Waals surface area contributed by atoms with Crippen LogP contribution in [0.3, 0.4) is 0 Å². The van der Waals surface area contributed by atoms with Crippen LogP contribution in [0, 0.1) is 0 Å². The van der Waals surface area contributed by atoms with E-state index in [0.29, 0.717) is 0 Å². The summed E-state index contributed by atoms with van der Waals surface area (Å²) in [6, 6.07) is 0. The van der Waals surface area contributed by atoms with Crippen LogP contribution in [0.5, 0.6) is 0 Å². The van der Waals surface area contributed by atoms with E-state index in [1.54, 1.807) is 0 Å². The molecule has 0 aromatic carbocycles. The van der Waals surface area contributed by atoms with Crippen LogP contribution in [-0.2, 0) is 4.74 Å². The van der Waals surface area contributed by atoms with Gasteiger partial charge in [-0.05, 0) is 0 Å². The van der Waals surface area contributed by atoms with E-state index in [-0.39, 0.29) is 21.5 Å². The Bertz CT molecular complexity index is 174. The van der Waals surface area contributed by atoms with Gasteiger partial charge in [0.2, 0.25) is 0 Å². The van der Waals surface area contributed by atoms with E-state index < -0.39 is 0 Å². The Balaban J connectivity index is 1.72. The van der Waals surface area contributed by atoms with Crippen molar-refractivity contribution >= 4 is 0 Å². The van der Waals surface area contributed by atoms with Crippen LogP contribution in [0.25, 0.3) is 0 Å². The van der Waals surface area contributed by atoms with Crippen LogP contribution in [-0.4, -0.2) is 58.4 Å². The van der Waals surface area contributed by atoms with Crippen LogP contribution >= 0.6 is 0 Å². The molecule has 1 unspecified atom stereocenters. The van der Waals surface area contributed by atoms with Gasteiger partial charge in [0.1, 0.15) is 0 Å². The molecule has 2 aliphatic rings. The average Bonchev–Trinajstić information content (AvgIpc) is 2.19. The molecule has 2 heterocycles. The fraction of sp³-hybridized carbons (Fsp3) is 1.00. The molecule has 1 atom stereocenters. The van der Waals surface area contributed by atoms with E-state index in [4.69, 9.17) is 4.74 Å². The van der Waals surface area contributed by atoms with Gasteiger partial charge in [0.15, 0.2) is 0 Å². The number of nitrogens with zero attached hydrogens (tertiary/aromatic N) is 2. The summed E-state index contributed by atoms with van der Waals surface area (Å²) < 4.78 is 9.05. The summed E-state index contributed by atoms with van der Waals surface area (Å²) in [6.07, 6.45) is 2.88. The van der Waals surface area contributed by atoms with E-state index in [2.05, 4.69) is 15.1 Å². The summed E-state index contributed by atoms with van der Waals surface area (Å²) in [4.78, 5) is 2.49. The number of likely N-dealkylation sites (tertiary alicyclic amines) is 1. The first kappa shape index (κ1) is 11.1. The first-order valence-corrected chi connectivity index (χ1v) is 7.70. The quantitative estimate of drug-likeness (QED) is 0.316. The Morgan fingerprint density at radius 1 is 1.21 bits per heavy atom. The standard InChI is InChI=1S/C10H20IN2O/c1-12-4-2-3-10(9-12)11-13-5-7-14-8-6-13/h10H,2-9H2,1H3/q-1. The third kappa shape index (κ3) is 3.32. The van der Waals surface area contributed by atoms with E-state index in [0.717, 1.165) is 17.1 Å². The van der Waals surface area contributed by atoms with Crippen LogP contribution in [0.15, 0.2) is 0 Å². The van der Waals surface area contributed by atoms with Crippen molar-refractivity contribution < 1.29 is 26.2 Å². The maximum atomic E-state index is 5.38. The van der Waals surface area contributed by atoms with Crippen molar-refractivity contribution in [1.29, 1.82) is 0 Å². The summed E-state index contributed by atoms with van der Waals surface area (Å²) in [6.45, 7) is 6.94. The fourth-order valence-corrected chi connectivity index (χ4v) is 5.65. The van der Waals surface area contributed by atoms with Gasteiger partial charge in [0.25, 0.3) is 0 Å². The maximum absolute atomic E-state index is 5.38. The van der Waals surface area contributed by atoms with Gasteiger partial charge in [-0.3, -0.25) is 0 Å². The SMILES string of the molecule is CN1CCCC([I-]N2CCOCC2)C1. The molecule has 2 fully saturated rings. The molecule has 0 amide bonds. The van der Waals surface area contributed by atoms with Crippen molar-refractivity contribution in [2.45, 2.75) is 16.8 Å². The minimum absolute atomic E-state index is 0.267. The molecule has 0 radical (unpaired) electrons. The van der Waals surface area contributed by atoms with Crippen LogP contribution < -0.4 is 21.5 Å². The van der Waals surface area contributed by atoms with Gasteiger partial charge in [-0.2, -0.15) is 0 Å². The molecule has 0 aromatic heterocycles. The van der Waals surface area contributed by atoms with Crippen molar-refractivity contribution in [3.8, 4) is 0 Å². The normalized spacial score (nSPS) is 32.2. The summed E-state index contributed by atoms with van der Waals surface area (Å²) in [5, 5.41) is 0. The van der Waals surface area contributed by atoms with Crippen molar-refractivity contribution in [1.82, 2.24) is 8.01 Å². The van der Waals surface area contributed by atoms with E-state index in [1.165, 1.54) is 39.0 Å². The van der Waals surface area contributed by atoms with E-state index in [1.807, 2.05) is 0 Å². The molecular weight excluding hydrogens is 291 g/mol.